The van der Waals surface area contributed by atoms with Gasteiger partial charge in [0.1, 0.15) is 18.8 Å². The molecule has 1 amide bonds. The molecular weight excluding hydrogens is 426 g/mol. The molecule has 0 saturated heterocycles. The lowest BCUT2D eigenvalue weighted by Gasteiger charge is -2.32. The van der Waals surface area contributed by atoms with Gasteiger partial charge in [-0.2, -0.15) is 0 Å². The molecule has 1 unspecified atom stereocenters. The topological polar surface area (TPSA) is 108 Å². The predicted molar refractivity (Wildman–Crippen MR) is 121 cm³/mol. The monoisotopic (exact) mass is 453 g/mol. The first-order valence-corrected chi connectivity index (χ1v) is 10.4. The number of hydrogen-bond donors (Lipinski definition) is 2. The summed E-state index contributed by atoms with van der Waals surface area (Å²) in [5.41, 5.74) is 4.10. The molecule has 2 N–H and O–H groups in total. The van der Waals surface area contributed by atoms with Crippen molar-refractivity contribution in [1.29, 1.82) is 0 Å². The fourth-order valence-electron chi connectivity index (χ4n) is 3.37. The van der Waals surface area contributed by atoms with E-state index >= 15 is 0 Å². The molecular formula is C24H27N3O6. The van der Waals surface area contributed by atoms with Crippen LogP contribution in [0.4, 0.5) is 10.5 Å². The van der Waals surface area contributed by atoms with Gasteiger partial charge in [0.05, 0.1) is 11.7 Å². The van der Waals surface area contributed by atoms with Crippen LogP contribution >= 0.6 is 0 Å². The van der Waals surface area contributed by atoms with E-state index < -0.39 is 29.7 Å². The van der Waals surface area contributed by atoms with Crippen LogP contribution in [-0.2, 0) is 25.7 Å². The van der Waals surface area contributed by atoms with E-state index in [2.05, 4.69) is 5.43 Å². The van der Waals surface area contributed by atoms with E-state index in [4.69, 9.17) is 14.6 Å². The quantitative estimate of drug-likeness (QED) is 0.484. The molecule has 9 nitrogen and oxygen atoms in total. The van der Waals surface area contributed by atoms with Gasteiger partial charge in [0.25, 0.3) is 0 Å². The zero-order valence-corrected chi connectivity index (χ0v) is 18.7. The Labute approximate surface area is 192 Å². The smallest absolute Gasteiger partial charge is 0.423 e. The number of anilines is 1. The van der Waals surface area contributed by atoms with Crippen LogP contribution in [0.1, 0.15) is 37.9 Å². The number of aliphatic carboxylic acids is 1. The van der Waals surface area contributed by atoms with Gasteiger partial charge in [-0.1, -0.05) is 54.6 Å². The van der Waals surface area contributed by atoms with Gasteiger partial charge in [-0.05, 0) is 32.4 Å². The van der Waals surface area contributed by atoms with Crippen LogP contribution in [0.25, 0.3) is 0 Å². The number of nitrogens with zero attached hydrogens (tertiary/aromatic N) is 2. The van der Waals surface area contributed by atoms with Gasteiger partial charge in [-0.3, -0.25) is 9.80 Å². The maximum atomic E-state index is 12.6. The number of carbonyl (C=O) groups is 3. The SMILES string of the molecule is CC(C)(C)OC(=O)CN1c2ccccc2C(/C=C/C(=O)O)N1NC(=O)OCc1ccccc1. The van der Waals surface area contributed by atoms with Crippen LogP contribution in [0.3, 0.4) is 0 Å². The molecule has 0 radical (unpaired) electrons. The highest BCUT2D eigenvalue weighted by Gasteiger charge is 2.38. The third-order valence-corrected chi connectivity index (χ3v) is 4.60. The number of benzene rings is 2. The van der Waals surface area contributed by atoms with Crippen LogP contribution in [0.15, 0.2) is 66.7 Å². The van der Waals surface area contributed by atoms with E-state index in [1.165, 1.54) is 16.2 Å². The number of rotatable bonds is 7. The average Bonchev–Trinajstić information content (AvgIpc) is 3.02. The van der Waals surface area contributed by atoms with Crippen LogP contribution in [0.5, 0.6) is 0 Å². The maximum absolute atomic E-state index is 12.6. The molecule has 3 rings (SSSR count). The number of carboxylic acid groups (broad SMARTS) is 1. The predicted octanol–water partition coefficient (Wildman–Crippen LogP) is 3.59. The van der Waals surface area contributed by atoms with Crippen LogP contribution in [0.2, 0.25) is 0 Å². The number of carbonyl (C=O) groups excluding carboxylic acids is 2. The average molecular weight is 453 g/mol. The molecule has 1 aliphatic rings. The summed E-state index contributed by atoms with van der Waals surface area (Å²) in [6, 6.07) is 15.7. The lowest BCUT2D eigenvalue weighted by Crippen LogP contribution is -2.53. The van der Waals surface area contributed by atoms with Gasteiger partial charge in [0, 0.05) is 11.6 Å². The van der Waals surface area contributed by atoms with E-state index in [9.17, 15) is 14.4 Å². The number of para-hydroxylation sites is 1. The highest BCUT2D eigenvalue weighted by molar-refractivity contribution is 5.81. The van der Waals surface area contributed by atoms with Crippen molar-refractivity contribution < 1.29 is 29.0 Å². The minimum atomic E-state index is -1.13. The Morgan fingerprint density at radius 1 is 1.06 bits per heavy atom. The van der Waals surface area contributed by atoms with Gasteiger partial charge in [-0.25, -0.2) is 15.0 Å². The van der Waals surface area contributed by atoms with E-state index in [0.29, 0.717) is 11.3 Å². The fourth-order valence-corrected chi connectivity index (χ4v) is 3.37. The second-order valence-corrected chi connectivity index (χ2v) is 8.36. The van der Waals surface area contributed by atoms with E-state index in [1.807, 2.05) is 30.3 Å². The Balaban J connectivity index is 1.84. The zero-order valence-electron chi connectivity index (χ0n) is 18.7. The van der Waals surface area contributed by atoms with Gasteiger partial charge < -0.3 is 14.6 Å². The Hall–Kier alpha value is -3.85. The van der Waals surface area contributed by atoms with Crippen molar-refractivity contribution in [3.8, 4) is 0 Å². The third kappa shape index (κ3) is 6.56. The fraction of sp³-hybridized carbons (Fsp3) is 0.292. The molecule has 0 aromatic heterocycles. The zero-order chi connectivity index (χ0) is 24.0. The number of esters is 1. The van der Waals surface area contributed by atoms with Crippen molar-refractivity contribution >= 4 is 23.7 Å². The highest BCUT2D eigenvalue weighted by Crippen LogP contribution is 2.39. The Bertz CT molecular complexity index is 1030. The van der Waals surface area contributed by atoms with Crippen LogP contribution < -0.4 is 10.4 Å². The van der Waals surface area contributed by atoms with Gasteiger partial charge >= 0.3 is 18.0 Å². The lowest BCUT2D eigenvalue weighted by atomic mass is 10.1. The lowest BCUT2D eigenvalue weighted by molar-refractivity contribution is -0.153. The standard InChI is InChI=1S/C24H27N3O6/c1-24(2,3)33-22(30)15-26-19-12-8-7-11-18(19)20(13-14-21(28)29)27(26)25-23(31)32-16-17-9-5-4-6-10-17/h4-14,20H,15-16H2,1-3H3,(H,25,31)(H,28,29)/b14-13+. The minimum absolute atomic E-state index is 0.0508. The largest absolute Gasteiger partial charge is 0.478 e. The number of amides is 1. The van der Waals surface area contributed by atoms with E-state index in [-0.39, 0.29) is 13.2 Å². The first-order chi connectivity index (χ1) is 15.6. The number of nitrogens with one attached hydrogen (secondary N) is 1. The van der Waals surface area contributed by atoms with Gasteiger partial charge in [0.2, 0.25) is 0 Å². The summed E-state index contributed by atoms with van der Waals surface area (Å²) >= 11 is 0. The molecule has 0 spiro atoms. The molecule has 0 bridgehead atoms. The van der Waals surface area contributed by atoms with Crippen molar-refractivity contribution in [3.63, 3.8) is 0 Å². The summed E-state index contributed by atoms with van der Waals surface area (Å²) in [7, 11) is 0. The molecule has 0 fully saturated rings. The molecule has 0 aliphatic carbocycles. The van der Waals surface area contributed by atoms with Crippen molar-refractivity contribution in [2.45, 2.75) is 39.0 Å². The summed E-state index contributed by atoms with van der Waals surface area (Å²) in [6.07, 6.45) is 1.66. The van der Waals surface area contributed by atoms with Gasteiger partial charge in [-0.15, -0.1) is 5.12 Å². The summed E-state index contributed by atoms with van der Waals surface area (Å²) < 4.78 is 10.8. The number of hydrogen-bond acceptors (Lipinski definition) is 7. The number of hydrazine groups is 2. The molecule has 2 aromatic rings. The molecule has 0 saturated carbocycles. The highest BCUT2D eigenvalue weighted by atomic mass is 16.6. The van der Waals surface area contributed by atoms with Crippen molar-refractivity contribution in [3.05, 3.63) is 77.9 Å². The second-order valence-electron chi connectivity index (χ2n) is 8.36. The van der Waals surface area contributed by atoms with Crippen LogP contribution in [0, 0.1) is 0 Å². The molecule has 1 heterocycles. The summed E-state index contributed by atoms with van der Waals surface area (Å²) in [6.45, 7) is 5.13. The Morgan fingerprint density at radius 2 is 1.73 bits per heavy atom. The van der Waals surface area contributed by atoms with E-state index in [1.54, 1.807) is 45.0 Å². The minimum Gasteiger partial charge on any atom is -0.478 e. The Morgan fingerprint density at radius 3 is 2.39 bits per heavy atom. The molecule has 1 aliphatic heterocycles. The van der Waals surface area contributed by atoms with Crippen molar-refractivity contribution in [1.82, 2.24) is 10.5 Å². The van der Waals surface area contributed by atoms with E-state index in [0.717, 1.165) is 11.6 Å². The molecule has 1 atom stereocenters. The summed E-state index contributed by atoms with van der Waals surface area (Å²) in [5.74, 6) is -1.64. The van der Waals surface area contributed by atoms with Crippen molar-refractivity contribution in [2.75, 3.05) is 11.6 Å². The first kappa shape index (κ1) is 23.8. The maximum Gasteiger partial charge on any atom is 0.423 e. The third-order valence-electron chi connectivity index (χ3n) is 4.60. The normalized spacial score (nSPS) is 15.8. The number of ether oxygens (including phenoxy) is 2. The second kappa shape index (κ2) is 10.2. The molecule has 2 aromatic carbocycles. The Kier molecular flexibility index (Phi) is 7.34. The van der Waals surface area contributed by atoms with Crippen LogP contribution in [-0.4, -0.2) is 40.4 Å². The first-order valence-electron chi connectivity index (χ1n) is 10.4. The summed E-state index contributed by atoms with van der Waals surface area (Å²) in [5, 5.41) is 12.0. The number of fused-ring (bicyclic) bond motifs is 1. The summed E-state index contributed by atoms with van der Waals surface area (Å²) in [4.78, 5) is 36.4. The van der Waals surface area contributed by atoms with Crippen molar-refractivity contribution in [2.24, 2.45) is 0 Å². The molecule has 174 valence electrons. The number of carboxylic acids is 1. The molecule has 9 heteroatoms. The van der Waals surface area contributed by atoms with Gasteiger partial charge in [0.15, 0.2) is 0 Å². The molecule has 33 heavy (non-hydrogen) atoms.